The van der Waals surface area contributed by atoms with Crippen LogP contribution >= 0.6 is 12.1 Å². The number of hydrogen-bond acceptors (Lipinski definition) is 7. The summed E-state index contributed by atoms with van der Waals surface area (Å²) in [4.78, 5) is 0. The molecule has 0 aromatic carbocycles. The summed E-state index contributed by atoms with van der Waals surface area (Å²) in [6.07, 6.45) is -1.84. The highest BCUT2D eigenvalue weighted by molar-refractivity contribution is 7.94. The highest BCUT2D eigenvalue weighted by Gasteiger charge is 2.30. The molecule has 0 aromatic rings. The Morgan fingerprint density at radius 1 is 1.39 bits per heavy atom. The molecule has 3 atom stereocenters. The first-order valence-corrected chi connectivity index (χ1v) is 6.65. The number of rotatable bonds is 6. The molecule has 6 nitrogen and oxygen atoms in total. The van der Waals surface area contributed by atoms with Gasteiger partial charge in [0.05, 0.1) is 25.9 Å². The maximum absolute atomic E-state index is 11.2. The number of nitrogens with two attached hydrogens (primary N) is 1. The molecule has 0 saturated carbocycles. The highest BCUT2D eigenvalue weighted by atomic mass is 32.2. The van der Waals surface area contributed by atoms with Crippen LogP contribution in [0.2, 0.25) is 0 Å². The van der Waals surface area contributed by atoms with Crippen LogP contribution in [0.15, 0.2) is 0 Å². The Kier molecular flexibility index (Phi) is 12.1. The van der Waals surface area contributed by atoms with Crippen molar-refractivity contribution in [2.45, 2.75) is 24.7 Å². The smallest absolute Gasteiger partial charge is 0.109 e. The van der Waals surface area contributed by atoms with Crippen LogP contribution in [0.25, 0.3) is 0 Å². The zero-order chi connectivity index (χ0) is 13.8. The third-order valence-corrected chi connectivity index (χ3v) is 2.59. The Bertz CT molecular complexity index is 186. The average Bonchev–Trinajstić information content (AvgIpc) is 2.39. The molecule has 1 heterocycles. The van der Waals surface area contributed by atoms with Crippen LogP contribution in [0, 0.1) is 0 Å². The fourth-order valence-corrected chi connectivity index (χ4v) is 1.47. The van der Waals surface area contributed by atoms with Crippen molar-refractivity contribution in [2.24, 2.45) is 5.73 Å². The van der Waals surface area contributed by atoms with E-state index in [9.17, 15) is 3.89 Å². The SMILES string of the molecule is NCCOCCSF.OCC1OCCC(O)C1O. The second-order valence-corrected chi connectivity index (χ2v) is 4.28. The topological polar surface area (TPSA) is 105 Å². The first kappa shape index (κ1) is 18.0. The van der Waals surface area contributed by atoms with E-state index in [1.165, 1.54) is 0 Å². The van der Waals surface area contributed by atoms with Gasteiger partial charge in [0, 0.05) is 31.1 Å². The van der Waals surface area contributed by atoms with Crippen LogP contribution in [0.3, 0.4) is 0 Å². The summed E-state index contributed by atoms with van der Waals surface area (Å²) in [5.74, 6) is 0.403. The minimum absolute atomic E-state index is 0.238. The normalized spacial score (nSPS) is 27.5. The van der Waals surface area contributed by atoms with Gasteiger partial charge in [0.2, 0.25) is 0 Å². The van der Waals surface area contributed by atoms with Gasteiger partial charge in [0.15, 0.2) is 0 Å². The first-order valence-electron chi connectivity index (χ1n) is 5.77. The third-order valence-electron chi connectivity index (χ3n) is 2.27. The molecule has 0 amide bonds. The van der Waals surface area contributed by atoms with Gasteiger partial charge in [-0.15, -0.1) is 0 Å². The van der Waals surface area contributed by atoms with Gasteiger partial charge >= 0.3 is 0 Å². The van der Waals surface area contributed by atoms with Gasteiger partial charge in [0.1, 0.15) is 12.2 Å². The molecule has 0 radical (unpaired) electrons. The lowest BCUT2D eigenvalue weighted by atomic mass is 10.0. The lowest BCUT2D eigenvalue weighted by Gasteiger charge is -2.30. The molecule has 0 bridgehead atoms. The van der Waals surface area contributed by atoms with Crippen molar-refractivity contribution >= 4 is 12.1 Å². The van der Waals surface area contributed by atoms with Crippen LogP contribution in [-0.4, -0.2) is 72.4 Å². The van der Waals surface area contributed by atoms with Crippen molar-refractivity contribution in [3.05, 3.63) is 0 Å². The molecule has 0 aromatic heterocycles. The van der Waals surface area contributed by atoms with E-state index in [4.69, 9.17) is 30.5 Å². The van der Waals surface area contributed by atoms with Crippen molar-refractivity contribution in [3.63, 3.8) is 0 Å². The van der Waals surface area contributed by atoms with E-state index < -0.39 is 18.3 Å². The summed E-state index contributed by atoms with van der Waals surface area (Å²) in [7, 11) is 0. The summed E-state index contributed by atoms with van der Waals surface area (Å²) < 4.78 is 21.0. The molecule has 1 aliphatic heterocycles. The van der Waals surface area contributed by atoms with E-state index in [1.807, 2.05) is 0 Å². The van der Waals surface area contributed by atoms with Crippen LogP contribution in [-0.2, 0) is 9.47 Å². The van der Waals surface area contributed by atoms with Gasteiger partial charge in [-0.25, -0.2) is 0 Å². The van der Waals surface area contributed by atoms with Gasteiger partial charge < -0.3 is 30.5 Å². The molecule has 110 valence electrons. The second kappa shape index (κ2) is 12.1. The number of hydrogen-bond donors (Lipinski definition) is 4. The molecular weight excluding hydrogens is 265 g/mol. The van der Waals surface area contributed by atoms with Crippen molar-refractivity contribution in [3.8, 4) is 0 Å². The Balaban J connectivity index is 0.000000331. The van der Waals surface area contributed by atoms with Gasteiger partial charge in [-0.1, -0.05) is 0 Å². The van der Waals surface area contributed by atoms with E-state index in [2.05, 4.69) is 0 Å². The molecule has 18 heavy (non-hydrogen) atoms. The van der Waals surface area contributed by atoms with Gasteiger partial charge in [-0.05, 0) is 6.42 Å². The Morgan fingerprint density at radius 3 is 2.61 bits per heavy atom. The van der Waals surface area contributed by atoms with Crippen molar-refractivity contribution in [1.82, 2.24) is 0 Å². The number of halogens is 1. The molecule has 0 spiro atoms. The van der Waals surface area contributed by atoms with Gasteiger partial charge in [-0.3, -0.25) is 0 Å². The molecule has 1 rings (SSSR count). The standard InChI is InChI=1S/C6H12O4.C4H10FNOS/c7-3-5-6(9)4(8)1-2-10-5;5-8-4-3-7-2-1-6/h4-9H,1-3H2;1-4,6H2. The predicted molar refractivity (Wildman–Crippen MR) is 66.9 cm³/mol. The Morgan fingerprint density at radius 2 is 2.11 bits per heavy atom. The summed E-state index contributed by atoms with van der Waals surface area (Å²) in [6.45, 7) is 1.66. The monoisotopic (exact) mass is 287 g/mol. The molecule has 1 saturated heterocycles. The molecule has 0 aliphatic carbocycles. The average molecular weight is 287 g/mol. The molecule has 1 fully saturated rings. The summed E-state index contributed by atoms with van der Waals surface area (Å²) >= 11 is 0.286. The van der Waals surface area contributed by atoms with Crippen molar-refractivity contribution < 1.29 is 28.7 Å². The van der Waals surface area contributed by atoms with Crippen molar-refractivity contribution in [2.75, 3.05) is 38.7 Å². The Hall–Kier alpha value is 0.0400. The molecule has 1 aliphatic rings. The molecule has 8 heteroatoms. The van der Waals surface area contributed by atoms with Crippen LogP contribution in [0.5, 0.6) is 0 Å². The van der Waals surface area contributed by atoms with E-state index in [-0.39, 0.29) is 18.8 Å². The van der Waals surface area contributed by atoms with Gasteiger partial charge in [-0.2, -0.15) is 3.89 Å². The zero-order valence-electron chi connectivity index (χ0n) is 10.2. The number of aliphatic hydroxyl groups is 3. The fraction of sp³-hybridized carbons (Fsp3) is 1.00. The molecular formula is C10H22FNO5S. The fourth-order valence-electron chi connectivity index (χ4n) is 1.29. The maximum Gasteiger partial charge on any atom is 0.109 e. The van der Waals surface area contributed by atoms with E-state index in [0.717, 1.165) is 0 Å². The number of ether oxygens (including phenoxy) is 2. The molecule has 3 unspecified atom stereocenters. The highest BCUT2D eigenvalue weighted by Crippen LogP contribution is 2.13. The predicted octanol–water partition coefficient (Wildman–Crippen LogP) is -0.931. The lowest BCUT2D eigenvalue weighted by Crippen LogP contribution is -2.46. The van der Waals surface area contributed by atoms with E-state index >= 15 is 0 Å². The minimum Gasteiger partial charge on any atom is -0.394 e. The Labute approximate surface area is 111 Å². The quantitative estimate of drug-likeness (QED) is 0.468. The number of aliphatic hydroxyl groups excluding tert-OH is 3. The maximum atomic E-state index is 11.2. The van der Waals surface area contributed by atoms with Gasteiger partial charge in [0.25, 0.3) is 0 Å². The summed E-state index contributed by atoms with van der Waals surface area (Å²) in [6, 6.07) is 0. The minimum atomic E-state index is -0.932. The van der Waals surface area contributed by atoms with Crippen LogP contribution < -0.4 is 5.73 Å². The zero-order valence-corrected chi connectivity index (χ0v) is 11.0. The third kappa shape index (κ3) is 8.20. The summed E-state index contributed by atoms with van der Waals surface area (Å²) in [5, 5.41) is 26.7. The van der Waals surface area contributed by atoms with E-state index in [1.54, 1.807) is 0 Å². The lowest BCUT2D eigenvalue weighted by molar-refractivity contribution is -0.147. The second-order valence-electron chi connectivity index (χ2n) is 3.65. The largest absolute Gasteiger partial charge is 0.394 e. The first-order chi connectivity index (χ1) is 8.67. The molecule has 5 N–H and O–H groups in total. The van der Waals surface area contributed by atoms with E-state index in [0.29, 0.717) is 38.5 Å². The van der Waals surface area contributed by atoms with Crippen LogP contribution in [0.1, 0.15) is 6.42 Å². The van der Waals surface area contributed by atoms with Crippen LogP contribution in [0.4, 0.5) is 3.89 Å². The van der Waals surface area contributed by atoms with Crippen molar-refractivity contribution in [1.29, 1.82) is 0 Å². The summed E-state index contributed by atoms with van der Waals surface area (Å²) in [5.41, 5.74) is 5.09.